The second-order valence-electron chi connectivity index (χ2n) is 3.36. The van der Waals surface area contributed by atoms with Gasteiger partial charge in [0.1, 0.15) is 12.0 Å². The summed E-state index contributed by atoms with van der Waals surface area (Å²) in [6, 6.07) is 0. The van der Waals surface area contributed by atoms with E-state index in [1.165, 1.54) is 25.0 Å². The fourth-order valence-corrected chi connectivity index (χ4v) is 1.89. The molecule has 2 heterocycles. The third kappa shape index (κ3) is 0.686. The summed E-state index contributed by atoms with van der Waals surface area (Å²) in [7, 11) is 0. The van der Waals surface area contributed by atoms with Crippen LogP contribution in [0, 0.1) is 5.92 Å². The van der Waals surface area contributed by atoms with Crippen LogP contribution in [0.2, 0.25) is 0 Å². The first kappa shape index (κ1) is 5.19. The average molecular weight is 138 g/mol. The van der Waals surface area contributed by atoms with Crippen LogP contribution in [0.4, 0.5) is 0 Å². The Kier molecular flexibility index (Phi) is 0.810. The van der Waals surface area contributed by atoms with Crippen LogP contribution in [0.25, 0.3) is 0 Å². The Bertz CT molecular complexity index is 197. The molecule has 0 amide bonds. The first-order valence-electron chi connectivity index (χ1n) is 3.95. The van der Waals surface area contributed by atoms with E-state index in [-0.39, 0.29) is 0 Å². The number of fused-ring (bicyclic) bond motifs is 1. The van der Waals surface area contributed by atoms with Crippen molar-refractivity contribution in [2.45, 2.75) is 31.5 Å². The minimum absolute atomic E-state index is 0.587. The quantitative estimate of drug-likeness (QED) is 0.512. The predicted octanol–water partition coefficient (Wildman–Crippen LogP) is 1.43. The Hall–Kier alpha value is -0.500. The van der Waals surface area contributed by atoms with Crippen LogP contribution in [0.1, 0.15) is 19.3 Å². The number of ether oxygens (including phenoxy) is 2. The number of epoxide rings is 1. The van der Waals surface area contributed by atoms with Crippen LogP contribution >= 0.6 is 0 Å². The third-order valence-corrected chi connectivity index (χ3v) is 2.66. The Balaban J connectivity index is 1.70. The summed E-state index contributed by atoms with van der Waals surface area (Å²) in [6.45, 7) is 0. The number of rotatable bonds is 1. The Morgan fingerprint density at radius 2 is 2.20 bits per heavy atom. The molecule has 0 spiro atoms. The topological polar surface area (TPSA) is 25.1 Å². The molecule has 0 bridgehead atoms. The maximum atomic E-state index is 5.40. The maximum Gasteiger partial charge on any atom is 0.141 e. The summed E-state index contributed by atoms with van der Waals surface area (Å²) < 4.78 is 10.5. The van der Waals surface area contributed by atoms with Crippen LogP contribution in [0.3, 0.4) is 0 Å². The highest BCUT2D eigenvalue weighted by Crippen LogP contribution is 2.44. The van der Waals surface area contributed by atoms with E-state index in [9.17, 15) is 0 Å². The van der Waals surface area contributed by atoms with E-state index in [0.29, 0.717) is 18.1 Å². The fourth-order valence-electron chi connectivity index (χ4n) is 1.89. The largest absolute Gasteiger partial charge is 0.462 e. The smallest absolute Gasteiger partial charge is 0.141 e. The number of hydrogen-bond donors (Lipinski definition) is 0. The highest BCUT2D eigenvalue weighted by molar-refractivity contribution is 5.11. The van der Waals surface area contributed by atoms with Crippen molar-refractivity contribution in [3.63, 3.8) is 0 Å². The van der Waals surface area contributed by atoms with Crippen molar-refractivity contribution < 1.29 is 9.47 Å². The predicted molar refractivity (Wildman–Crippen MR) is 35.2 cm³/mol. The van der Waals surface area contributed by atoms with E-state index >= 15 is 0 Å². The van der Waals surface area contributed by atoms with Crippen molar-refractivity contribution in [2.24, 2.45) is 5.92 Å². The molecule has 2 aliphatic heterocycles. The molecule has 54 valence electrons. The molecule has 3 unspecified atom stereocenters. The molecule has 3 aliphatic rings. The second-order valence-corrected chi connectivity index (χ2v) is 3.36. The molecule has 2 nitrogen and oxygen atoms in total. The van der Waals surface area contributed by atoms with Gasteiger partial charge in [0, 0.05) is 5.92 Å². The van der Waals surface area contributed by atoms with Gasteiger partial charge in [0.25, 0.3) is 0 Å². The van der Waals surface area contributed by atoms with E-state index in [0.717, 1.165) is 0 Å². The first-order valence-corrected chi connectivity index (χ1v) is 3.95. The zero-order valence-corrected chi connectivity index (χ0v) is 5.75. The molecule has 0 aromatic carbocycles. The van der Waals surface area contributed by atoms with Gasteiger partial charge in [-0.25, -0.2) is 0 Å². The summed E-state index contributed by atoms with van der Waals surface area (Å²) in [6.07, 6.45) is 6.80. The molecule has 0 N–H and O–H groups in total. The van der Waals surface area contributed by atoms with E-state index < -0.39 is 0 Å². The second kappa shape index (κ2) is 1.56. The molecule has 3 atom stereocenters. The molecular formula is C8H10O2. The van der Waals surface area contributed by atoms with Crippen LogP contribution < -0.4 is 0 Å². The van der Waals surface area contributed by atoms with E-state index in [1.807, 2.05) is 6.26 Å². The number of hydrogen-bond acceptors (Lipinski definition) is 2. The van der Waals surface area contributed by atoms with Gasteiger partial charge in [0.2, 0.25) is 0 Å². The Morgan fingerprint density at radius 3 is 2.90 bits per heavy atom. The van der Waals surface area contributed by atoms with Crippen LogP contribution in [-0.2, 0) is 9.47 Å². The van der Waals surface area contributed by atoms with Gasteiger partial charge in [-0.05, 0) is 19.3 Å². The molecule has 2 fully saturated rings. The molecule has 0 radical (unpaired) electrons. The van der Waals surface area contributed by atoms with Gasteiger partial charge in [0.05, 0.1) is 12.2 Å². The lowest BCUT2D eigenvalue weighted by Gasteiger charge is -2.12. The molecule has 1 saturated heterocycles. The van der Waals surface area contributed by atoms with Crippen molar-refractivity contribution in [2.75, 3.05) is 0 Å². The summed E-state index contributed by atoms with van der Waals surface area (Å²) in [4.78, 5) is 0. The van der Waals surface area contributed by atoms with Gasteiger partial charge >= 0.3 is 0 Å². The van der Waals surface area contributed by atoms with E-state index in [4.69, 9.17) is 9.47 Å². The molecular weight excluding hydrogens is 128 g/mol. The van der Waals surface area contributed by atoms with Crippen molar-refractivity contribution in [3.05, 3.63) is 12.0 Å². The summed E-state index contributed by atoms with van der Waals surface area (Å²) in [5, 5.41) is 0. The Labute approximate surface area is 59.8 Å². The normalized spacial score (nSPS) is 48.8. The average Bonchev–Trinajstić information content (AvgIpc) is 2.83. The van der Waals surface area contributed by atoms with Gasteiger partial charge in [-0.2, -0.15) is 0 Å². The van der Waals surface area contributed by atoms with Crippen molar-refractivity contribution in [1.29, 1.82) is 0 Å². The van der Waals surface area contributed by atoms with Gasteiger partial charge in [-0.1, -0.05) is 0 Å². The summed E-state index contributed by atoms with van der Waals surface area (Å²) >= 11 is 0. The van der Waals surface area contributed by atoms with Crippen LogP contribution in [0.5, 0.6) is 0 Å². The monoisotopic (exact) mass is 138 g/mol. The highest BCUT2D eigenvalue weighted by Gasteiger charge is 2.46. The van der Waals surface area contributed by atoms with Crippen molar-refractivity contribution in [3.8, 4) is 0 Å². The summed E-state index contributed by atoms with van der Waals surface area (Å²) in [5.74, 6) is 1.91. The molecule has 1 aliphatic carbocycles. The first-order chi connectivity index (χ1) is 4.93. The maximum absolute atomic E-state index is 5.40. The lowest BCUT2D eigenvalue weighted by Crippen LogP contribution is -2.12. The molecule has 0 aromatic heterocycles. The lowest BCUT2D eigenvalue weighted by molar-refractivity contribution is 0.350. The van der Waals surface area contributed by atoms with Crippen LogP contribution in [0.15, 0.2) is 12.0 Å². The van der Waals surface area contributed by atoms with Gasteiger partial charge in [0.15, 0.2) is 0 Å². The molecule has 3 rings (SSSR count). The van der Waals surface area contributed by atoms with Gasteiger partial charge in [-0.3, -0.25) is 0 Å². The summed E-state index contributed by atoms with van der Waals surface area (Å²) in [5.41, 5.74) is 0. The van der Waals surface area contributed by atoms with Crippen molar-refractivity contribution >= 4 is 0 Å². The zero-order chi connectivity index (χ0) is 6.55. The lowest BCUT2D eigenvalue weighted by atomic mass is 9.89. The van der Waals surface area contributed by atoms with E-state index in [1.54, 1.807) is 0 Å². The van der Waals surface area contributed by atoms with Gasteiger partial charge in [-0.15, -0.1) is 0 Å². The third-order valence-electron chi connectivity index (χ3n) is 2.66. The highest BCUT2D eigenvalue weighted by atomic mass is 16.6. The minimum atomic E-state index is 0.587. The molecule has 10 heavy (non-hydrogen) atoms. The van der Waals surface area contributed by atoms with Gasteiger partial charge < -0.3 is 9.47 Å². The molecule has 1 saturated carbocycles. The molecule has 0 aromatic rings. The van der Waals surface area contributed by atoms with Crippen molar-refractivity contribution in [1.82, 2.24) is 0 Å². The number of allylic oxidation sites excluding steroid dienone is 1. The minimum Gasteiger partial charge on any atom is -0.462 e. The SMILES string of the molecule is C1=C(C2CCC3OC3C2)O1. The Morgan fingerprint density at radius 1 is 1.30 bits per heavy atom. The molecule has 2 heteroatoms. The standard InChI is InChI=1S/C8H10O2/c1-2-6-7(10-6)3-5(1)8-4-9-8/h4-7H,1-3H2. The fraction of sp³-hybridized carbons (Fsp3) is 0.750. The van der Waals surface area contributed by atoms with Crippen LogP contribution in [-0.4, -0.2) is 12.2 Å². The zero-order valence-electron chi connectivity index (χ0n) is 5.75. The van der Waals surface area contributed by atoms with E-state index in [2.05, 4.69) is 0 Å².